The quantitative estimate of drug-likeness (QED) is 0.196. The largest absolute Gasteiger partial charge is 0.444 e. The van der Waals surface area contributed by atoms with E-state index in [1.54, 1.807) is 7.11 Å². The summed E-state index contributed by atoms with van der Waals surface area (Å²) in [5.41, 5.74) is 1.45. The fourth-order valence-corrected chi connectivity index (χ4v) is 13.3. The Morgan fingerprint density at radius 3 is 2.20 bits per heavy atom. The van der Waals surface area contributed by atoms with Gasteiger partial charge in [0.15, 0.2) is 6.23 Å². The summed E-state index contributed by atoms with van der Waals surface area (Å²) >= 11 is 0. The van der Waals surface area contributed by atoms with Crippen molar-refractivity contribution in [2.24, 2.45) is 5.92 Å². The number of hydrogen-bond donors (Lipinski definition) is 0. The number of carbonyl (C=O) groups excluding carboxylic acids is 1. The molecule has 1 amide bonds. The summed E-state index contributed by atoms with van der Waals surface area (Å²) in [4.78, 5) is 15.7. The van der Waals surface area contributed by atoms with Crippen LogP contribution in [0.2, 0.25) is 16.6 Å². The normalized spacial score (nSPS) is 27.4. The van der Waals surface area contributed by atoms with E-state index in [-0.39, 0.29) is 24.2 Å². The number of benzene rings is 1. The third-order valence-electron chi connectivity index (χ3n) is 9.16. The Balaban J connectivity index is 2.08. The molecule has 1 saturated carbocycles. The molecule has 2 fully saturated rings. The van der Waals surface area contributed by atoms with Gasteiger partial charge in [0.25, 0.3) is 0 Å². The van der Waals surface area contributed by atoms with Gasteiger partial charge >= 0.3 is 6.09 Å². The molecule has 1 heterocycles. The molecule has 0 N–H and O–H groups in total. The molecule has 1 aliphatic heterocycles. The Bertz CT molecular complexity index is 953. The minimum Gasteiger partial charge on any atom is -0.444 e. The highest BCUT2D eigenvalue weighted by atomic mass is 28.4. The predicted molar refractivity (Wildman–Crippen MR) is 165 cm³/mol. The maximum absolute atomic E-state index is 13.9. The minimum absolute atomic E-state index is 0.0380. The molecule has 7 heteroatoms. The van der Waals surface area contributed by atoms with Crippen molar-refractivity contribution < 1.29 is 23.4 Å². The van der Waals surface area contributed by atoms with Crippen LogP contribution in [0.5, 0.6) is 0 Å². The second-order valence-electron chi connectivity index (χ2n) is 13.8. The van der Waals surface area contributed by atoms with Gasteiger partial charge in [0.2, 0.25) is 8.32 Å². The van der Waals surface area contributed by atoms with Crippen LogP contribution in [-0.2, 0) is 25.2 Å². The molecule has 1 aliphatic carbocycles. The summed E-state index contributed by atoms with van der Waals surface area (Å²) in [6.45, 7) is 24.3. The van der Waals surface area contributed by atoms with E-state index in [0.717, 1.165) is 24.8 Å². The average molecular weight is 574 g/mol. The number of fused-ring (bicyclic) bond motifs is 2. The number of nitrogens with zero attached hydrogens (tertiary/aromatic N) is 1. The summed E-state index contributed by atoms with van der Waals surface area (Å²) in [5.74, 6) is 0.0733. The highest BCUT2D eigenvalue weighted by Crippen LogP contribution is 2.53. The van der Waals surface area contributed by atoms with Gasteiger partial charge in [-0.15, -0.1) is 6.58 Å². The summed E-state index contributed by atoms with van der Waals surface area (Å²) < 4.78 is 26.4. The number of piperidine rings is 1. The van der Waals surface area contributed by atoms with Crippen LogP contribution >= 0.6 is 0 Å². The number of carbonyl (C=O) groups is 1. The smallest absolute Gasteiger partial charge is 0.412 e. The Morgan fingerprint density at radius 1 is 1.10 bits per heavy atom. The summed E-state index contributed by atoms with van der Waals surface area (Å²) in [5, 5.41) is 0. The lowest BCUT2D eigenvalue weighted by Crippen LogP contribution is -2.71. The Morgan fingerprint density at radius 2 is 1.70 bits per heavy atom. The lowest BCUT2D eigenvalue weighted by atomic mass is 9.66. The predicted octanol–water partition coefficient (Wildman–Crippen LogP) is 8.47. The first kappa shape index (κ1) is 32.8. The lowest BCUT2D eigenvalue weighted by molar-refractivity contribution is -0.235. The Kier molecular flexibility index (Phi) is 10.8. The zero-order chi connectivity index (χ0) is 29.9. The minimum atomic E-state index is -2.15. The van der Waals surface area contributed by atoms with Gasteiger partial charge in [0, 0.05) is 13.0 Å². The molecule has 1 aromatic carbocycles. The number of methoxy groups -OCH3 is 1. The first-order chi connectivity index (χ1) is 18.7. The third-order valence-corrected chi connectivity index (χ3v) is 15.3. The second-order valence-corrected chi connectivity index (χ2v) is 19.2. The number of amides is 1. The topological polar surface area (TPSA) is 57.2 Å². The van der Waals surface area contributed by atoms with Crippen molar-refractivity contribution in [2.75, 3.05) is 7.11 Å². The second kappa shape index (κ2) is 13.1. The molecule has 40 heavy (non-hydrogen) atoms. The van der Waals surface area contributed by atoms with Gasteiger partial charge in [-0.1, -0.05) is 78.0 Å². The molecule has 5 unspecified atom stereocenters. The molecule has 2 aliphatic rings. The van der Waals surface area contributed by atoms with Crippen LogP contribution in [0.15, 0.2) is 43.0 Å². The van der Waals surface area contributed by atoms with Gasteiger partial charge in [0.1, 0.15) is 11.7 Å². The van der Waals surface area contributed by atoms with Crippen molar-refractivity contribution in [3.63, 3.8) is 0 Å². The van der Waals surface area contributed by atoms with Gasteiger partial charge in [-0.25, -0.2) is 4.79 Å². The molecule has 5 atom stereocenters. The SMILES string of the molecule is C=CCC12CCC(O[Si](C(C)C)(C(C)C)C(C)C)C(C1)C(OCc1ccccc1)C(OC)N2C(=O)OC(C)(C)C. The zero-order valence-corrected chi connectivity index (χ0v) is 27.7. The van der Waals surface area contributed by atoms with Gasteiger partial charge in [-0.2, -0.15) is 0 Å². The van der Waals surface area contributed by atoms with E-state index >= 15 is 0 Å². The summed E-state index contributed by atoms with van der Waals surface area (Å²) in [6, 6.07) is 10.2. The molecule has 6 nitrogen and oxygen atoms in total. The van der Waals surface area contributed by atoms with E-state index in [1.165, 1.54) is 0 Å². The highest BCUT2D eigenvalue weighted by Gasteiger charge is 2.60. The fraction of sp³-hybridized carbons (Fsp3) is 0.727. The standard InChI is InChI=1S/C33H55NO5Si/c1-12-19-33-20-18-28(39-40(23(2)3,24(4)5)25(6)7)27(21-33)29(37-22-26-16-14-13-15-17-26)30(36-11)34(33)31(35)38-32(8,9)10/h12-17,23-25,27-30H,1,18-22H2,2-11H3. The van der Waals surface area contributed by atoms with Crippen LogP contribution in [0.4, 0.5) is 4.79 Å². The summed E-state index contributed by atoms with van der Waals surface area (Å²) in [6.07, 6.45) is 3.75. The number of rotatable bonds is 11. The number of hydrogen-bond acceptors (Lipinski definition) is 5. The summed E-state index contributed by atoms with van der Waals surface area (Å²) in [7, 11) is -0.479. The van der Waals surface area contributed by atoms with Crippen LogP contribution in [0.25, 0.3) is 0 Å². The molecule has 0 aromatic heterocycles. The first-order valence-electron chi connectivity index (χ1n) is 15.2. The molecule has 0 radical (unpaired) electrons. The average Bonchev–Trinajstić information content (AvgIpc) is 2.86. The third kappa shape index (κ3) is 6.69. The maximum atomic E-state index is 13.9. The number of ether oxygens (including phenoxy) is 3. The monoisotopic (exact) mass is 573 g/mol. The molecule has 1 saturated heterocycles. The van der Waals surface area contributed by atoms with Gasteiger partial charge in [0.05, 0.1) is 18.2 Å². The van der Waals surface area contributed by atoms with E-state index in [0.29, 0.717) is 29.7 Å². The zero-order valence-electron chi connectivity index (χ0n) is 26.7. The van der Waals surface area contributed by atoms with Crippen LogP contribution in [0.3, 0.4) is 0 Å². The molecule has 2 bridgehead atoms. The molecule has 226 valence electrons. The first-order valence-corrected chi connectivity index (χ1v) is 17.4. The van der Waals surface area contributed by atoms with Crippen LogP contribution in [-0.4, -0.2) is 56.0 Å². The van der Waals surface area contributed by atoms with E-state index in [2.05, 4.69) is 60.3 Å². The maximum Gasteiger partial charge on any atom is 0.412 e. The molecular formula is C33H55NO5Si. The van der Waals surface area contributed by atoms with Gasteiger partial charge in [-0.05, 0) is 68.6 Å². The van der Waals surface area contributed by atoms with E-state index in [1.807, 2.05) is 49.9 Å². The van der Waals surface area contributed by atoms with Crippen molar-refractivity contribution in [1.29, 1.82) is 0 Å². The van der Waals surface area contributed by atoms with E-state index in [9.17, 15) is 4.79 Å². The van der Waals surface area contributed by atoms with Gasteiger partial charge < -0.3 is 18.6 Å². The van der Waals surface area contributed by atoms with E-state index < -0.39 is 25.7 Å². The van der Waals surface area contributed by atoms with Crippen LogP contribution in [0.1, 0.15) is 93.6 Å². The number of likely N-dealkylation sites (tertiary alicyclic amines) is 1. The lowest BCUT2D eigenvalue weighted by Gasteiger charge is -2.60. The van der Waals surface area contributed by atoms with Gasteiger partial charge in [-0.3, -0.25) is 4.90 Å². The van der Waals surface area contributed by atoms with Crippen molar-refractivity contribution in [3.8, 4) is 0 Å². The Labute approximate surface area is 244 Å². The van der Waals surface area contributed by atoms with Crippen LogP contribution in [0, 0.1) is 5.92 Å². The van der Waals surface area contributed by atoms with Crippen molar-refractivity contribution in [1.82, 2.24) is 4.90 Å². The fourth-order valence-electron chi connectivity index (χ4n) is 7.66. The van der Waals surface area contributed by atoms with Crippen molar-refractivity contribution >= 4 is 14.4 Å². The molecule has 1 aromatic rings. The van der Waals surface area contributed by atoms with Crippen molar-refractivity contribution in [2.45, 2.75) is 141 Å². The van der Waals surface area contributed by atoms with E-state index in [4.69, 9.17) is 18.6 Å². The van der Waals surface area contributed by atoms with Crippen LogP contribution < -0.4 is 0 Å². The Hall–Kier alpha value is -1.67. The van der Waals surface area contributed by atoms with Crippen molar-refractivity contribution in [3.05, 3.63) is 48.6 Å². The molecule has 0 spiro atoms. The highest BCUT2D eigenvalue weighted by molar-refractivity contribution is 6.77. The molecular weight excluding hydrogens is 518 g/mol. The molecule has 3 rings (SSSR count).